The van der Waals surface area contributed by atoms with Gasteiger partial charge in [0, 0.05) is 17.3 Å². The lowest BCUT2D eigenvalue weighted by atomic mass is 10.2. The smallest absolute Gasteiger partial charge is 0.325 e. The lowest BCUT2D eigenvalue weighted by molar-refractivity contribution is -0.137. The molecule has 2 aromatic carbocycles. The number of hydrogen-bond donors (Lipinski definition) is 1. The Hall–Kier alpha value is -1.81. The summed E-state index contributed by atoms with van der Waals surface area (Å²) in [6, 6.07) is 7.92. The Morgan fingerprint density at radius 1 is 1.14 bits per heavy atom. The maximum Gasteiger partial charge on any atom is 0.416 e. The molecule has 2 aromatic rings. The lowest BCUT2D eigenvalue weighted by Crippen LogP contribution is -2.38. The molecule has 1 amide bonds. The Balaban J connectivity index is 2.21. The first-order valence-corrected chi connectivity index (χ1v) is 10.1. The zero-order valence-electron chi connectivity index (χ0n) is 14.4. The van der Waals surface area contributed by atoms with E-state index in [-0.39, 0.29) is 27.2 Å². The molecule has 0 spiro atoms. The summed E-state index contributed by atoms with van der Waals surface area (Å²) in [6.07, 6.45) is -4.57. The van der Waals surface area contributed by atoms with Crippen LogP contribution in [0, 0.1) is 0 Å². The van der Waals surface area contributed by atoms with E-state index in [0.29, 0.717) is 0 Å². The molecule has 152 valence electrons. The molecular weight excluding hydrogens is 440 g/mol. The van der Waals surface area contributed by atoms with E-state index in [9.17, 15) is 26.4 Å². The van der Waals surface area contributed by atoms with Crippen molar-refractivity contribution in [3.05, 3.63) is 58.1 Å². The maximum atomic E-state index is 12.8. The van der Waals surface area contributed by atoms with Crippen LogP contribution in [0.4, 0.5) is 18.9 Å². The van der Waals surface area contributed by atoms with Crippen molar-refractivity contribution in [3.63, 3.8) is 0 Å². The van der Waals surface area contributed by atoms with Crippen LogP contribution in [-0.2, 0) is 21.0 Å². The molecule has 11 heteroatoms. The van der Waals surface area contributed by atoms with Gasteiger partial charge in [0.05, 0.1) is 17.1 Å². The standard InChI is InChI=1S/C17H15Cl2F3N2O3S/c1-2-24(28(26,27)15-9-12(18)6-7-14(15)19)10-16(25)23-13-5-3-4-11(8-13)17(20,21)22/h3-9H,2,10H2,1H3,(H,23,25). The molecule has 0 saturated heterocycles. The number of sulfonamides is 1. The van der Waals surface area contributed by atoms with Crippen LogP contribution in [0.1, 0.15) is 12.5 Å². The third-order valence-electron chi connectivity index (χ3n) is 3.66. The normalized spacial score (nSPS) is 12.2. The van der Waals surface area contributed by atoms with Gasteiger partial charge in [-0.15, -0.1) is 0 Å². The molecular formula is C17H15Cl2F3N2O3S. The first-order valence-electron chi connectivity index (χ1n) is 7.87. The number of carbonyl (C=O) groups excluding carboxylic acids is 1. The van der Waals surface area contributed by atoms with E-state index >= 15 is 0 Å². The number of alkyl halides is 3. The first-order chi connectivity index (χ1) is 12.9. The summed E-state index contributed by atoms with van der Waals surface area (Å²) in [7, 11) is -4.15. The van der Waals surface area contributed by atoms with Crippen molar-refractivity contribution in [1.82, 2.24) is 4.31 Å². The Labute approximate surface area is 170 Å². The number of halogens is 5. The van der Waals surface area contributed by atoms with Crippen molar-refractivity contribution >= 4 is 44.8 Å². The third kappa shape index (κ3) is 5.38. The fraction of sp³-hybridized carbons (Fsp3) is 0.235. The van der Waals surface area contributed by atoms with Crippen molar-refractivity contribution < 1.29 is 26.4 Å². The third-order valence-corrected chi connectivity index (χ3v) is 6.29. The number of anilines is 1. The molecule has 0 aliphatic rings. The second-order valence-electron chi connectivity index (χ2n) is 5.63. The lowest BCUT2D eigenvalue weighted by Gasteiger charge is -2.21. The van der Waals surface area contributed by atoms with Crippen LogP contribution >= 0.6 is 23.2 Å². The predicted octanol–water partition coefficient (Wildman–Crippen LogP) is 4.66. The van der Waals surface area contributed by atoms with Gasteiger partial charge in [0.15, 0.2) is 0 Å². The van der Waals surface area contributed by atoms with Gasteiger partial charge in [-0.05, 0) is 36.4 Å². The van der Waals surface area contributed by atoms with Crippen LogP contribution in [0.3, 0.4) is 0 Å². The number of carbonyl (C=O) groups is 1. The van der Waals surface area contributed by atoms with Gasteiger partial charge in [-0.2, -0.15) is 17.5 Å². The highest BCUT2D eigenvalue weighted by Gasteiger charge is 2.31. The van der Waals surface area contributed by atoms with Crippen molar-refractivity contribution in [2.24, 2.45) is 0 Å². The van der Waals surface area contributed by atoms with Crippen LogP contribution in [0.15, 0.2) is 47.4 Å². The molecule has 0 aromatic heterocycles. The average Bonchev–Trinajstić information content (AvgIpc) is 2.61. The number of nitrogens with zero attached hydrogens (tertiary/aromatic N) is 1. The molecule has 0 bridgehead atoms. The summed E-state index contributed by atoms with van der Waals surface area (Å²) in [4.78, 5) is 11.9. The Kier molecular flexibility index (Phi) is 6.97. The molecule has 5 nitrogen and oxygen atoms in total. The fourth-order valence-corrected chi connectivity index (χ4v) is 4.46. The van der Waals surface area contributed by atoms with Crippen molar-refractivity contribution in [1.29, 1.82) is 0 Å². The number of amides is 1. The summed E-state index contributed by atoms with van der Waals surface area (Å²) in [5.41, 5.74) is -1.04. The highest BCUT2D eigenvalue weighted by atomic mass is 35.5. The van der Waals surface area contributed by atoms with E-state index < -0.39 is 34.2 Å². The number of nitrogens with one attached hydrogen (secondary N) is 1. The number of likely N-dealkylation sites (N-methyl/N-ethyl adjacent to an activating group) is 1. The molecule has 0 unspecified atom stereocenters. The second-order valence-corrected chi connectivity index (χ2v) is 8.38. The van der Waals surface area contributed by atoms with E-state index in [1.54, 1.807) is 0 Å². The van der Waals surface area contributed by atoms with Gasteiger partial charge in [0.1, 0.15) is 4.90 Å². The maximum absolute atomic E-state index is 12.8. The molecule has 1 N–H and O–H groups in total. The molecule has 0 saturated carbocycles. The van der Waals surface area contributed by atoms with Gasteiger partial charge in [-0.25, -0.2) is 8.42 Å². The van der Waals surface area contributed by atoms with Gasteiger partial charge in [-0.1, -0.05) is 36.2 Å². The van der Waals surface area contributed by atoms with Crippen LogP contribution in [0.5, 0.6) is 0 Å². The second kappa shape index (κ2) is 8.69. The quantitative estimate of drug-likeness (QED) is 0.689. The van der Waals surface area contributed by atoms with Crippen LogP contribution in [0.2, 0.25) is 10.0 Å². The van der Waals surface area contributed by atoms with Gasteiger partial charge in [0.25, 0.3) is 0 Å². The molecule has 0 radical (unpaired) electrons. The van der Waals surface area contributed by atoms with E-state index in [0.717, 1.165) is 28.6 Å². The van der Waals surface area contributed by atoms with Crippen molar-refractivity contribution in [3.8, 4) is 0 Å². The van der Waals surface area contributed by atoms with Gasteiger partial charge >= 0.3 is 6.18 Å². The predicted molar refractivity (Wildman–Crippen MR) is 101 cm³/mol. The summed E-state index contributed by atoms with van der Waals surface area (Å²) in [5, 5.41) is 2.34. The minimum atomic E-state index is -4.57. The van der Waals surface area contributed by atoms with Crippen LogP contribution in [-0.4, -0.2) is 31.7 Å². The molecule has 0 aliphatic carbocycles. The van der Waals surface area contributed by atoms with Crippen molar-refractivity contribution in [2.45, 2.75) is 18.0 Å². The summed E-state index contributed by atoms with van der Waals surface area (Å²) in [5.74, 6) is -0.803. The van der Waals surface area contributed by atoms with Crippen LogP contribution in [0.25, 0.3) is 0 Å². The van der Waals surface area contributed by atoms with E-state index in [2.05, 4.69) is 5.32 Å². The summed E-state index contributed by atoms with van der Waals surface area (Å²) < 4.78 is 64.7. The zero-order valence-corrected chi connectivity index (χ0v) is 16.8. The first kappa shape index (κ1) is 22.5. The zero-order chi connectivity index (χ0) is 21.1. The highest BCUT2D eigenvalue weighted by Crippen LogP contribution is 2.31. The monoisotopic (exact) mass is 454 g/mol. The Morgan fingerprint density at radius 3 is 2.43 bits per heavy atom. The van der Waals surface area contributed by atoms with E-state index in [1.165, 1.54) is 25.1 Å². The van der Waals surface area contributed by atoms with E-state index in [4.69, 9.17) is 23.2 Å². The van der Waals surface area contributed by atoms with Gasteiger partial charge in [0.2, 0.25) is 15.9 Å². The molecule has 28 heavy (non-hydrogen) atoms. The average molecular weight is 455 g/mol. The minimum Gasteiger partial charge on any atom is -0.325 e. The number of hydrogen-bond acceptors (Lipinski definition) is 3. The summed E-state index contributed by atoms with van der Waals surface area (Å²) >= 11 is 11.8. The highest BCUT2D eigenvalue weighted by molar-refractivity contribution is 7.89. The largest absolute Gasteiger partial charge is 0.416 e. The molecule has 0 fully saturated rings. The molecule has 0 atom stereocenters. The number of benzene rings is 2. The van der Waals surface area contributed by atoms with Crippen LogP contribution < -0.4 is 5.32 Å². The van der Waals surface area contributed by atoms with Gasteiger partial charge < -0.3 is 5.32 Å². The minimum absolute atomic E-state index is 0.0683. The number of rotatable bonds is 6. The molecule has 0 heterocycles. The topological polar surface area (TPSA) is 66.5 Å². The Bertz CT molecular complexity index is 982. The Morgan fingerprint density at radius 2 is 1.82 bits per heavy atom. The van der Waals surface area contributed by atoms with Gasteiger partial charge in [-0.3, -0.25) is 4.79 Å². The SMILES string of the molecule is CCN(CC(=O)Nc1cccc(C(F)(F)F)c1)S(=O)(=O)c1cc(Cl)ccc1Cl. The molecule has 2 rings (SSSR count). The van der Waals surface area contributed by atoms with E-state index in [1.807, 2.05) is 0 Å². The summed E-state index contributed by atoms with van der Waals surface area (Å²) in [6.45, 7) is 0.826. The van der Waals surface area contributed by atoms with Crippen molar-refractivity contribution in [2.75, 3.05) is 18.4 Å². The fourth-order valence-electron chi connectivity index (χ4n) is 2.31. The molecule has 0 aliphatic heterocycles.